The molecule has 0 N–H and O–H groups in total. The van der Waals surface area contributed by atoms with Crippen LogP contribution in [0.2, 0.25) is 0 Å². The Kier molecular flexibility index (Phi) is 6.69. The fourth-order valence-corrected chi connectivity index (χ4v) is 6.23. The third-order valence-corrected chi connectivity index (χ3v) is 7.44. The van der Waals surface area contributed by atoms with E-state index in [0.717, 1.165) is 27.9 Å². The van der Waals surface area contributed by atoms with Crippen molar-refractivity contribution in [3.63, 3.8) is 0 Å². The smallest absolute Gasteiger partial charge is 0.190 e. The zero-order valence-electron chi connectivity index (χ0n) is 15.7. The van der Waals surface area contributed by atoms with Gasteiger partial charge in [-0.3, -0.25) is 0 Å². The quantitative estimate of drug-likeness (QED) is 0.225. The van der Waals surface area contributed by atoms with Crippen LogP contribution < -0.4 is 0 Å². The van der Waals surface area contributed by atoms with Crippen molar-refractivity contribution in [2.75, 3.05) is 11.5 Å². The Bertz CT molecular complexity index is 727. The second-order valence-corrected chi connectivity index (χ2v) is 10.4. The summed E-state index contributed by atoms with van der Waals surface area (Å²) in [7, 11) is 0. The summed E-state index contributed by atoms with van der Waals surface area (Å²) >= 11 is 5.51. The van der Waals surface area contributed by atoms with E-state index in [0.29, 0.717) is 6.61 Å². The fraction of sp³-hybridized carbons (Fsp3) is 0.684. The van der Waals surface area contributed by atoms with Gasteiger partial charge in [-0.15, -0.1) is 23.1 Å². The molecule has 6 heteroatoms. The lowest BCUT2D eigenvalue weighted by Crippen LogP contribution is -2.31. The number of unbranched alkanes of at least 4 members (excludes halogenated alkanes) is 2. The first kappa shape index (κ1) is 19.5. The van der Waals surface area contributed by atoms with Gasteiger partial charge in [-0.1, -0.05) is 38.5 Å². The van der Waals surface area contributed by atoms with Gasteiger partial charge in [0.2, 0.25) is 0 Å². The van der Waals surface area contributed by atoms with Crippen LogP contribution in [0.15, 0.2) is 10.2 Å². The Balaban J connectivity index is 1.98. The van der Waals surface area contributed by atoms with Gasteiger partial charge in [0.25, 0.3) is 0 Å². The van der Waals surface area contributed by atoms with Gasteiger partial charge in [0.15, 0.2) is 5.16 Å². The molecule has 0 saturated carbocycles. The minimum absolute atomic E-state index is 0.0963. The molecule has 2 aromatic rings. The summed E-state index contributed by atoms with van der Waals surface area (Å²) in [5.41, 5.74) is 1.33. The van der Waals surface area contributed by atoms with Crippen LogP contribution in [0.25, 0.3) is 10.2 Å². The van der Waals surface area contributed by atoms with Crippen molar-refractivity contribution in [3.8, 4) is 0 Å². The number of thioether (sulfide) groups is 2. The minimum atomic E-state index is -0.0963. The molecule has 3 nitrogen and oxygen atoms in total. The molecule has 0 fully saturated rings. The van der Waals surface area contributed by atoms with Crippen molar-refractivity contribution in [3.05, 3.63) is 10.4 Å². The summed E-state index contributed by atoms with van der Waals surface area (Å²) in [4.78, 5) is 12.3. The number of hydrogen-bond donors (Lipinski definition) is 0. The molecule has 2 aromatic heterocycles. The average Bonchev–Trinajstić information content (AvgIpc) is 2.92. The van der Waals surface area contributed by atoms with Crippen LogP contribution in [-0.4, -0.2) is 27.1 Å². The van der Waals surface area contributed by atoms with Crippen molar-refractivity contribution >= 4 is 45.1 Å². The molecule has 25 heavy (non-hydrogen) atoms. The van der Waals surface area contributed by atoms with Crippen LogP contribution in [0.4, 0.5) is 0 Å². The van der Waals surface area contributed by atoms with Gasteiger partial charge in [-0.2, -0.15) is 0 Å². The molecular formula is C19H28N2OS3. The standard InChI is InChI=1S/C19H28N2OS3/c1-5-7-9-23-16-15-13-11-19(3,4)22-12-14(13)25-17(15)21-18(20-16)24-10-8-6-2/h5-12H2,1-4H3. The van der Waals surface area contributed by atoms with E-state index >= 15 is 0 Å². The molecular weight excluding hydrogens is 368 g/mol. The molecule has 0 radical (unpaired) electrons. The monoisotopic (exact) mass is 396 g/mol. The molecule has 1 aliphatic heterocycles. The van der Waals surface area contributed by atoms with E-state index < -0.39 is 0 Å². The van der Waals surface area contributed by atoms with Gasteiger partial charge >= 0.3 is 0 Å². The second kappa shape index (κ2) is 8.59. The lowest BCUT2D eigenvalue weighted by Gasteiger charge is -2.30. The second-order valence-electron chi connectivity index (χ2n) is 7.12. The number of hydrogen-bond acceptors (Lipinski definition) is 6. The Morgan fingerprint density at radius 1 is 1.08 bits per heavy atom. The maximum Gasteiger partial charge on any atom is 0.190 e. The molecule has 0 aromatic carbocycles. The van der Waals surface area contributed by atoms with Gasteiger partial charge in [0, 0.05) is 22.4 Å². The zero-order chi connectivity index (χ0) is 17.9. The molecule has 3 heterocycles. The molecule has 1 aliphatic rings. The minimum Gasteiger partial charge on any atom is -0.370 e. The van der Waals surface area contributed by atoms with E-state index in [1.165, 1.54) is 46.5 Å². The van der Waals surface area contributed by atoms with E-state index in [4.69, 9.17) is 14.7 Å². The van der Waals surface area contributed by atoms with Crippen molar-refractivity contribution < 1.29 is 4.74 Å². The number of fused-ring (bicyclic) bond motifs is 3. The Labute approximate surface area is 163 Å². The Hall–Kier alpha value is -0.300. The van der Waals surface area contributed by atoms with Crippen LogP contribution in [0.3, 0.4) is 0 Å². The maximum absolute atomic E-state index is 6.02. The highest BCUT2D eigenvalue weighted by atomic mass is 32.2. The molecule has 138 valence electrons. The summed E-state index contributed by atoms with van der Waals surface area (Å²) in [6, 6.07) is 0. The lowest BCUT2D eigenvalue weighted by molar-refractivity contribution is -0.0379. The highest BCUT2D eigenvalue weighted by Gasteiger charge is 2.31. The summed E-state index contributed by atoms with van der Waals surface area (Å²) in [6.45, 7) is 9.54. The molecule has 3 rings (SSSR count). The molecule has 0 aliphatic carbocycles. The van der Waals surface area contributed by atoms with Crippen molar-refractivity contribution in [1.29, 1.82) is 0 Å². The Morgan fingerprint density at radius 2 is 1.80 bits per heavy atom. The average molecular weight is 397 g/mol. The molecule has 0 spiro atoms. The highest BCUT2D eigenvalue weighted by molar-refractivity contribution is 8.00. The number of rotatable bonds is 8. The summed E-state index contributed by atoms with van der Waals surface area (Å²) in [6.07, 6.45) is 5.84. The Morgan fingerprint density at radius 3 is 2.52 bits per heavy atom. The third kappa shape index (κ3) is 4.71. The number of ether oxygens (including phenoxy) is 1. The first-order valence-electron chi connectivity index (χ1n) is 9.26. The fourth-order valence-electron chi connectivity index (χ4n) is 2.88. The first-order valence-corrected chi connectivity index (χ1v) is 12.0. The number of nitrogens with zero attached hydrogens (tertiary/aromatic N) is 2. The first-order chi connectivity index (χ1) is 12.0. The van der Waals surface area contributed by atoms with Crippen molar-refractivity contribution in [2.45, 2.75) is 82.2 Å². The van der Waals surface area contributed by atoms with Crippen molar-refractivity contribution in [1.82, 2.24) is 9.97 Å². The lowest BCUT2D eigenvalue weighted by atomic mass is 9.95. The topological polar surface area (TPSA) is 35.0 Å². The van der Waals surface area contributed by atoms with Crippen LogP contribution >= 0.6 is 34.9 Å². The normalized spacial score (nSPS) is 16.3. The van der Waals surface area contributed by atoms with Crippen LogP contribution in [0.5, 0.6) is 0 Å². The van der Waals surface area contributed by atoms with Crippen LogP contribution in [-0.2, 0) is 17.8 Å². The largest absolute Gasteiger partial charge is 0.370 e. The molecule has 0 bridgehead atoms. The van der Waals surface area contributed by atoms with Crippen molar-refractivity contribution in [2.24, 2.45) is 0 Å². The number of thiophene rings is 1. The van der Waals surface area contributed by atoms with Gasteiger partial charge in [-0.05, 0) is 38.0 Å². The molecule has 0 saturated heterocycles. The van der Waals surface area contributed by atoms with Crippen LogP contribution in [0.1, 0.15) is 63.8 Å². The summed E-state index contributed by atoms with van der Waals surface area (Å²) in [5, 5.41) is 3.43. The van der Waals surface area contributed by atoms with E-state index in [9.17, 15) is 0 Å². The zero-order valence-corrected chi connectivity index (χ0v) is 18.1. The van der Waals surface area contributed by atoms with Gasteiger partial charge in [-0.25, -0.2) is 9.97 Å². The van der Waals surface area contributed by atoms with Gasteiger partial charge in [0.05, 0.1) is 12.2 Å². The van der Waals surface area contributed by atoms with E-state index in [1.54, 1.807) is 23.1 Å². The van der Waals surface area contributed by atoms with E-state index in [2.05, 4.69) is 27.7 Å². The highest BCUT2D eigenvalue weighted by Crippen LogP contribution is 2.42. The predicted molar refractivity (Wildman–Crippen MR) is 111 cm³/mol. The maximum atomic E-state index is 6.02. The third-order valence-electron chi connectivity index (χ3n) is 4.34. The molecule has 0 amide bonds. The van der Waals surface area contributed by atoms with Crippen LogP contribution in [0, 0.1) is 0 Å². The van der Waals surface area contributed by atoms with Gasteiger partial charge in [0.1, 0.15) is 9.86 Å². The van der Waals surface area contributed by atoms with E-state index in [-0.39, 0.29) is 5.60 Å². The number of aromatic nitrogens is 2. The summed E-state index contributed by atoms with van der Waals surface area (Å²) < 4.78 is 6.02. The SMILES string of the molecule is CCCCSc1nc(SCCCC)c2c3c(sc2n1)COC(C)(C)C3. The van der Waals surface area contributed by atoms with E-state index in [1.807, 2.05) is 11.8 Å². The molecule has 0 unspecified atom stereocenters. The van der Waals surface area contributed by atoms with Gasteiger partial charge < -0.3 is 4.74 Å². The predicted octanol–water partition coefficient (Wildman–Crippen LogP) is 6.33. The molecule has 0 atom stereocenters. The summed E-state index contributed by atoms with van der Waals surface area (Å²) in [5.74, 6) is 2.23.